The third kappa shape index (κ3) is 3.13. The van der Waals surface area contributed by atoms with E-state index in [1.54, 1.807) is 6.20 Å². The monoisotopic (exact) mass is 420 g/mol. The van der Waals surface area contributed by atoms with Crippen LogP contribution in [0, 0.1) is 3.57 Å². The Kier molecular flexibility index (Phi) is 4.80. The van der Waals surface area contributed by atoms with Gasteiger partial charge in [0.05, 0.1) is 6.20 Å². The Balaban J connectivity index is 2.29. The Morgan fingerprint density at radius 2 is 2.28 bits per heavy atom. The van der Waals surface area contributed by atoms with E-state index in [1.807, 2.05) is 29.1 Å². The lowest BCUT2D eigenvalue weighted by Crippen LogP contribution is -2.01. The van der Waals surface area contributed by atoms with Crippen molar-refractivity contribution in [2.45, 2.75) is 26.0 Å². The molecule has 0 aliphatic heterocycles. The summed E-state index contributed by atoms with van der Waals surface area (Å²) in [6.07, 6.45) is 4.02. The number of aryl methyl sites for hydroxylation is 1. The maximum Gasteiger partial charge on any atom is 0.108 e. The molecule has 0 aliphatic rings. The molecule has 0 spiro atoms. The standard InChI is InChI=1S/C13H14BrIN2O/c1-2-5-17-8-9(7-16-17)13(18)11-6-10(15)3-4-12(11)14/h3-4,6-8,13,18H,2,5H2,1H3. The molecule has 2 rings (SSSR count). The summed E-state index contributed by atoms with van der Waals surface area (Å²) in [5, 5.41) is 14.6. The molecule has 0 saturated heterocycles. The Labute approximate surface area is 128 Å². The van der Waals surface area contributed by atoms with Crippen LogP contribution >= 0.6 is 38.5 Å². The second-order valence-electron chi connectivity index (χ2n) is 4.11. The van der Waals surface area contributed by atoms with Crippen LogP contribution < -0.4 is 0 Å². The minimum absolute atomic E-state index is 0.639. The van der Waals surface area contributed by atoms with Crippen LogP contribution in [0.15, 0.2) is 35.1 Å². The summed E-state index contributed by atoms with van der Waals surface area (Å²) < 4.78 is 3.88. The van der Waals surface area contributed by atoms with Crippen molar-refractivity contribution in [2.75, 3.05) is 0 Å². The summed E-state index contributed by atoms with van der Waals surface area (Å²) in [7, 11) is 0. The summed E-state index contributed by atoms with van der Waals surface area (Å²) in [4.78, 5) is 0. The Bertz CT molecular complexity index is 542. The smallest absolute Gasteiger partial charge is 0.108 e. The largest absolute Gasteiger partial charge is 0.383 e. The van der Waals surface area contributed by atoms with E-state index < -0.39 is 6.10 Å². The van der Waals surface area contributed by atoms with Gasteiger partial charge in [-0.2, -0.15) is 5.10 Å². The van der Waals surface area contributed by atoms with E-state index in [9.17, 15) is 5.11 Å². The van der Waals surface area contributed by atoms with Crippen molar-refractivity contribution in [1.82, 2.24) is 9.78 Å². The molecule has 1 unspecified atom stereocenters. The molecule has 0 bridgehead atoms. The maximum absolute atomic E-state index is 10.4. The van der Waals surface area contributed by atoms with Crippen molar-refractivity contribution in [3.05, 3.63) is 49.8 Å². The average Bonchev–Trinajstić information content (AvgIpc) is 2.80. The lowest BCUT2D eigenvalue weighted by Gasteiger charge is -2.11. The summed E-state index contributed by atoms with van der Waals surface area (Å²) in [6, 6.07) is 5.94. The topological polar surface area (TPSA) is 38.0 Å². The first-order valence-corrected chi connectivity index (χ1v) is 7.64. The molecule has 1 aromatic heterocycles. The van der Waals surface area contributed by atoms with Crippen molar-refractivity contribution < 1.29 is 5.11 Å². The molecule has 5 heteroatoms. The average molecular weight is 421 g/mol. The van der Waals surface area contributed by atoms with Crippen LogP contribution in [0.3, 0.4) is 0 Å². The third-order valence-electron chi connectivity index (χ3n) is 2.67. The third-order valence-corrected chi connectivity index (χ3v) is 4.07. The van der Waals surface area contributed by atoms with Crippen molar-refractivity contribution >= 4 is 38.5 Å². The van der Waals surface area contributed by atoms with Gasteiger partial charge in [-0.3, -0.25) is 4.68 Å². The molecule has 2 aromatic rings. The number of aliphatic hydroxyl groups is 1. The number of hydrogen-bond acceptors (Lipinski definition) is 2. The van der Waals surface area contributed by atoms with Gasteiger partial charge in [-0.15, -0.1) is 0 Å². The first kappa shape index (κ1) is 14.0. The minimum Gasteiger partial charge on any atom is -0.383 e. The fourth-order valence-electron chi connectivity index (χ4n) is 1.78. The minimum atomic E-state index is -0.639. The van der Waals surface area contributed by atoms with Gasteiger partial charge in [-0.05, 0) is 47.2 Å². The predicted octanol–water partition coefficient (Wildman–Crippen LogP) is 3.74. The second-order valence-corrected chi connectivity index (χ2v) is 6.21. The van der Waals surface area contributed by atoms with Crippen molar-refractivity contribution in [3.8, 4) is 0 Å². The Morgan fingerprint density at radius 1 is 1.50 bits per heavy atom. The zero-order valence-corrected chi connectivity index (χ0v) is 13.7. The van der Waals surface area contributed by atoms with Crippen LogP contribution in [-0.2, 0) is 6.54 Å². The fourth-order valence-corrected chi connectivity index (χ4v) is 2.75. The van der Waals surface area contributed by atoms with Gasteiger partial charge in [-0.1, -0.05) is 22.9 Å². The molecular weight excluding hydrogens is 407 g/mol. The maximum atomic E-state index is 10.4. The molecule has 1 heterocycles. The summed E-state index contributed by atoms with van der Waals surface area (Å²) in [6.45, 7) is 2.98. The van der Waals surface area contributed by atoms with Gasteiger partial charge < -0.3 is 5.11 Å². The molecule has 3 nitrogen and oxygen atoms in total. The number of benzene rings is 1. The summed E-state index contributed by atoms with van der Waals surface area (Å²) >= 11 is 5.72. The summed E-state index contributed by atoms with van der Waals surface area (Å²) in [5.74, 6) is 0. The Hall–Kier alpha value is -0.400. The molecule has 1 aromatic carbocycles. The lowest BCUT2D eigenvalue weighted by atomic mass is 10.1. The molecule has 18 heavy (non-hydrogen) atoms. The molecule has 1 N–H and O–H groups in total. The first-order valence-electron chi connectivity index (χ1n) is 5.77. The van der Waals surface area contributed by atoms with E-state index in [4.69, 9.17) is 0 Å². The van der Waals surface area contributed by atoms with Crippen LogP contribution in [0.4, 0.5) is 0 Å². The molecular formula is C13H14BrIN2O. The van der Waals surface area contributed by atoms with Crippen molar-refractivity contribution in [2.24, 2.45) is 0 Å². The lowest BCUT2D eigenvalue weighted by molar-refractivity contribution is 0.219. The zero-order valence-electron chi connectivity index (χ0n) is 9.98. The van der Waals surface area contributed by atoms with E-state index >= 15 is 0 Å². The number of rotatable bonds is 4. The molecule has 0 aliphatic carbocycles. The number of aliphatic hydroxyl groups excluding tert-OH is 1. The van der Waals surface area contributed by atoms with Gasteiger partial charge in [-0.25, -0.2) is 0 Å². The summed E-state index contributed by atoms with van der Waals surface area (Å²) in [5.41, 5.74) is 1.70. The highest BCUT2D eigenvalue weighted by atomic mass is 127. The normalized spacial score (nSPS) is 12.7. The van der Waals surface area contributed by atoms with Gasteiger partial charge >= 0.3 is 0 Å². The van der Waals surface area contributed by atoms with Gasteiger partial charge in [0.2, 0.25) is 0 Å². The first-order chi connectivity index (χ1) is 8.61. The second kappa shape index (κ2) is 6.16. The highest BCUT2D eigenvalue weighted by Gasteiger charge is 2.15. The van der Waals surface area contributed by atoms with E-state index in [1.165, 1.54) is 0 Å². The van der Waals surface area contributed by atoms with Crippen molar-refractivity contribution in [3.63, 3.8) is 0 Å². The highest BCUT2D eigenvalue weighted by Crippen LogP contribution is 2.29. The van der Waals surface area contributed by atoms with E-state index in [2.05, 4.69) is 50.5 Å². The quantitative estimate of drug-likeness (QED) is 0.765. The van der Waals surface area contributed by atoms with Gasteiger partial charge in [0.15, 0.2) is 0 Å². The van der Waals surface area contributed by atoms with E-state index in [0.717, 1.165) is 32.1 Å². The molecule has 0 saturated carbocycles. The zero-order chi connectivity index (χ0) is 13.1. The molecule has 0 fully saturated rings. The molecule has 96 valence electrons. The number of nitrogens with zero attached hydrogens (tertiary/aromatic N) is 2. The molecule has 0 amide bonds. The van der Waals surface area contributed by atoms with E-state index in [0.29, 0.717) is 0 Å². The number of halogens is 2. The molecule has 1 atom stereocenters. The molecule has 0 radical (unpaired) electrons. The van der Waals surface area contributed by atoms with Crippen LogP contribution in [0.25, 0.3) is 0 Å². The van der Waals surface area contributed by atoms with Crippen LogP contribution in [-0.4, -0.2) is 14.9 Å². The SMILES string of the molecule is CCCn1cc(C(O)c2cc(I)ccc2Br)cn1. The van der Waals surface area contributed by atoms with Crippen LogP contribution in [0.1, 0.15) is 30.6 Å². The highest BCUT2D eigenvalue weighted by molar-refractivity contribution is 14.1. The predicted molar refractivity (Wildman–Crippen MR) is 83.4 cm³/mol. The van der Waals surface area contributed by atoms with Gasteiger partial charge in [0.1, 0.15) is 6.10 Å². The van der Waals surface area contributed by atoms with Gasteiger partial charge in [0.25, 0.3) is 0 Å². The van der Waals surface area contributed by atoms with Crippen LogP contribution in [0.2, 0.25) is 0 Å². The Morgan fingerprint density at radius 3 is 3.00 bits per heavy atom. The number of hydrogen-bond donors (Lipinski definition) is 1. The van der Waals surface area contributed by atoms with E-state index in [-0.39, 0.29) is 0 Å². The van der Waals surface area contributed by atoms with Crippen LogP contribution in [0.5, 0.6) is 0 Å². The van der Waals surface area contributed by atoms with Crippen molar-refractivity contribution in [1.29, 1.82) is 0 Å². The fraction of sp³-hybridized carbons (Fsp3) is 0.308. The van der Waals surface area contributed by atoms with Gasteiger partial charge in [0, 0.05) is 31.9 Å². The number of aromatic nitrogens is 2.